The number of benzene rings is 2. The monoisotopic (exact) mass is 413 g/mol. The third-order valence-electron chi connectivity index (χ3n) is 5.86. The Labute approximate surface area is 179 Å². The van der Waals surface area contributed by atoms with Gasteiger partial charge in [-0.1, -0.05) is 43.5 Å². The third kappa shape index (κ3) is 3.99. The summed E-state index contributed by atoms with van der Waals surface area (Å²) in [6.07, 6.45) is 9.03. The van der Waals surface area contributed by atoms with Gasteiger partial charge in [-0.3, -0.25) is 0 Å². The van der Waals surface area contributed by atoms with Crippen LogP contribution in [0.2, 0.25) is 0 Å². The molecule has 1 aliphatic carbocycles. The first-order chi connectivity index (χ1) is 15.2. The van der Waals surface area contributed by atoms with Crippen molar-refractivity contribution in [2.75, 3.05) is 5.32 Å². The van der Waals surface area contributed by atoms with E-state index in [0.717, 1.165) is 16.6 Å². The molecule has 5 rings (SSSR count). The summed E-state index contributed by atoms with van der Waals surface area (Å²) in [7, 11) is 0. The Morgan fingerprint density at radius 3 is 2.58 bits per heavy atom. The molecule has 0 atom stereocenters. The van der Waals surface area contributed by atoms with E-state index in [9.17, 15) is 9.90 Å². The molecule has 0 bridgehead atoms. The largest absolute Gasteiger partial charge is 0.478 e. The molecule has 156 valence electrons. The van der Waals surface area contributed by atoms with Crippen molar-refractivity contribution in [1.82, 2.24) is 19.7 Å². The summed E-state index contributed by atoms with van der Waals surface area (Å²) in [6.45, 7) is 0. The number of rotatable bonds is 5. The number of para-hydroxylation sites is 1. The Bertz CT molecular complexity index is 1230. The molecule has 0 radical (unpaired) electrons. The van der Waals surface area contributed by atoms with E-state index < -0.39 is 5.97 Å². The average molecular weight is 413 g/mol. The fourth-order valence-corrected chi connectivity index (χ4v) is 4.22. The molecule has 1 fully saturated rings. The molecule has 1 saturated carbocycles. The first kappa shape index (κ1) is 19.2. The zero-order valence-electron chi connectivity index (χ0n) is 17.0. The lowest BCUT2D eigenvalue weighted by atomic mass is 9.84. The van der Waals surface area contributed by atoms with Crippen LogP contribution in [-0.4, -0.2) is 30.8 Å². The number of anilines is 2. The van der Waals surface area contributed by atoms with Gasteiger partial charge in [0.15, 0.2) is 0 Å². The van der Waals surface area contributed by atoms with Crippen molar-refractivity contribution in [2.24, 2.45) is 0 Å². The molecule has 2 aromatic heterocycles. The SMILES string of the molecule is O=C(O)c1cnn(-c2nc(Nc3ccccc3)c3cc(C4CCCCC4)ccc3n2)c1. The van der Waals surface area contributed by atoms with E-state index >= 15 is 0 Å². The van der Waals surface area contributed by atoms with Gasteiger partial charge in [0.2, 0.25) is 0 Å². The van der Waals surface area contributed by atoms with Crippen LogP contribution in [0.3, 0.4) is 0 Å². The lowest BCUT2D eigenvalue weighted by Gasteiger charge is -2.22. The Hall–Kier alpha value is -3.74. The van der Waals surface area contributed by atoms with Crippen molar-refractivity contribution in [1.29, 1.82) is 0 Å². The van der Waals surface area contributed by atoms with E-state index in [-0.39, 0.29) is 5.56 Å². The van der Waals surface area contributed by atoms with Crippen molar-refractivity contribution in [2.45, 2.75) is 38.0 Å². The van der Waals surface area contributed by atoms with Gasteiger partial charge < -0.3 is 10.4 Å². The van der Waals surface area contributed by atoms with Crippen LogP contribution in [0.1, 0.15) is 53.9 Å². The van der Waals surface area contributed by atoms with E-state index in [1.807, 2.05) is 36.4 Å². The zero-order chi connectivity index (χ0) is 21.2. The molecular formula is C24H23N5O2. The van der Waals surface area contributed by atoms with Crippen LogP contribution >= 0.6 is 0 Å². The molecule has 0 amide bonds. The molecule has 1 aliphatic rings. The van der Waals surface area contributed by atoms with E-state index in [2.05, 4.69) is 27.5 Å². The summed E-state index contributed by atoms with van der Waals surface area (Å²) >= 11 is 0. The highest BCUT2D eigenvalue weighted by atomic mass is 16.4. The molecule has 2 heterocycles. The highest BCUT2D eigenvalue weighted by molar-refractivity contribution is 5.92. The number of nitrogens with zero attached hydrogens (tertiary/aromatic N) is 4. The van der Waals surface area contributed by atoms with Gasteiger partial charge in [0.05, 0.1) is 17.3 Å². The van der Waals surface area contributed by atoms with Gasteiger partial charge >= 0.3 is 5.97 Å². The van der Waals surface area contributed by atoms with Crippen LogP contribution < -0.4 is 5.32 Å². The number of hydrogen-bond acceptors (Lipinski definition) is 5. The maximum absolute atomic E-state index is 11.2. The number of aromatic nitrogens is 4. The Kier molecular flexibility index (Phi) is 5.08. The normalized spacial score (nSPS) is 14.6. The summed E-state index contributed by atoms with van der Waals surface area (Å²) in [6, 6.07) is 16.2. The van der Waals surface area contributed by atoms with Gasteiger partial charge in [0, 0.05) is 17.3 Å². The van der Waals surface area contributed by atoms with Crippen LogP contribution in [0.4, 0.5) is 11.5 Å². The number of carboxylic acid groups (broad SMARTS) is 1. The molecular weight excluding hydrogens is 390 g/mol. The van der Waals surface area contributed by atoms with Crippen molar-refractivity contribution in [3.8, 4) is 5.95 Å². The predicted molar refractivity (Wildman–Crippen MR) is 119 cm³/mol. The van der Waals surface area contributed by atoms with Gasteiger partial charge in [-0.05, 0) is 48.6 Å². The highest BCUT2D eigenvalue weighted by Gasteiger charge is 2.18. The molecule has 2 N–H and O–H groups in total. The van der Waals surface area contributed by atoms with Gasteiger partial charge in [-0.25, -0.2) is 14.5 Å². The maximum atomic E-state index is 11.2. The van der Waals surface area contributed by atoms with Crippen LogP contribution in [0, 0.1) is 0 Å². The second kappa shape index (κ2) is 8.18. The Morgan fingerprint density at radius 2 is 1.84 bits per heavy atom. The minimum absolute atomic E-state index is 0.0916. The number of carbonyl (C=O) groups is 1. The summed E-state index contributed by atoms with van der Waals surface area (Å²) in [5, 5.41) is 17.7. The Morgan fingerprint density at radius 1 is 1.03 bits per heavy atom. The van der Waals surface area contributed by atoms with Crippen molar-refractivity contribution >= 4 is 28.4 Å². The fourth-order valence-electron chi connectivity index (χ4n) is 4.22. The van der Waals surface area contributed by atoms with E-state index in [4.69, 9.17) is 4.98 Å². The van der Waals surface area contributed by atoms with Crippen LogP contribution in [-0.2, 0) is 0 Å². The van der Waals surface area contributed by atoms with Gasteiger partial charge in [-0.2, -0.15) is 10.1 Å². The van der Waals surface area contributed by atoms with Gasteiger partial charge in [-0.15, -0.1) is 0 Å². The second-order valence-electron chi connectivity index (χ2n) is 7.95. The molecule has 31 heavy (non-hydrogen) atoms. The van der Waals surface area contributed by atoms with Gasteiger partial charge in [0.25, 0.3) is 5.95 Å². The minimum Gasteiger partial charge on any atom is -0.478 e. The average Bonchev–Trinajstić information content (AvgIpc) is 3.31. The smallest absolute Gasteiger partial charge is 0.338 e. The molecule has 7 heteroatoms. The molecule has 0 saturated heterocycles. The summed E-state index contributed by atoms with van der Waals surface area (Å²) in [4.78, 5) is 20.6. The van der Waals surface area contributed by atoms with E-state index in [1.54, 1.807) is 0 Å². The predicted octanol–water partition coefficient (Wildman–Crippen LogP) is 5.31. The van der Waals surface area contributed by atoms with Crippen molar-refractivity contribution in [3.63, 3.8) is 0 Å². The highest BCUT2D eigenvalue weighted by Crippen LogP contribution is 2.35. The van der Waals surface area contributed by atoms with Crippen LogP contribution in [0.15, 0.2) is 60.9 Å². The van der Waals surface area contributed by atoms with Crippen LogP contribution in [0.25, 0.3) is 16.9 Å². The lowest BCUT2D eigenvalue weighted by molar-refractivity contribution is 0.0697. The molecule has 7 nitrogen and oxygen atoms in total. The quantitative estimate of drug-likeness (QED) is 0.461. The Balaban J connectivity index is 1.61. The molecule has 4 aromatic rings. The molecule has 0 aliphatic heterocycles. The summed E-state index contributed by atoms with van der Waals surface area (Å²) in [5.74, 6) is 0.540. The minimum atomic E-state index is -1.04. The summed E-state index contributed by atoms with van der Waals surface area (Å²) < 4.78 is 1.40. The molecule has 2 aromatic carbocycles. The van der Waals surface area contributed by atoms with Crippen molar-refractivity contribution < 1.29 is 9.90 Å². The topological polar surface area (TPSA) is 92.9 Å². The number of carboxylic acids is 1. The summed E-state index contributed by atoms with van der Waals surface area (Å²) in [5.41, 5.74) is 3.12. The number of aromatic carboxylic acids is 1. The first-order valence-electron chi connectivity index (χ1n) is 10.6. The second-order valence-corrected chi connectivity index (χ2v) is 7.95. The maximum Gasteiger partial charge on any atom is 0.338 e. The van der Waals surface area contributed by atoms with Crippen LogP contribution in [0.5, 0.6) is 0 Å². The first-order valence-corrected chi connectivity index (χ1v) is 10.6. The number of fused-ring (bicyclic) bond motifs is 1. The van der Waals surface area contributed by atoms with Gasteiger partial charge in [0.1, 0.15) is 5.82 Å². The third-order valence-corrected chi connectivity index (χ3v) is 5.86. The number of hydrogen-bond donors (Lipinski definition) is 2. The van der Waals surface area contributed by atoms with Crippen molar-refractivity contribution in [3.05, 3.63) is 72.1 Å². The molecule has 0 unspecified atom stereocenters. The number of nitrogens with one attached hydrogen (secondary N) is 1. The lowest BCUT2D eigenvalue weighted by Crippen LogP contribution is -2.07. The molecule has 0 spiro atoms. The standard InChI is InChI=1S/C24H23N5O2/c30-23(31)18-14-25-29(15-18)24-27-21-12-11-17(16-7-3-1-4-8-16)13-20(21)22(28-24)26-19-9-5-2-6-10-19/h2,5-6,9-16H,1,3-4,7-8H2,(H,30,31)(H,26,27,28). The fraction of sp³-hybridized carbons (Fsp3) is 0.250. The van der Waals surface area contributed by atoms with E-state index in [1.165, 1.54) is 54.7 Å². The zero-order valence-corrected chi connectivity index (χ0v) is 17.0. The van der Waals surface area contributed by atoms with E-state index in [0.29, 0.717) is 17.7 Å².